The number of benzene rings is 1. The normalized spacial score (nSPS) is 21.1. The molecule has 1 aromatic heterocycles. The van der Waals surface area contributed by atoms with E-state index in [1.54, 1.807) is 10.7 Å². The van der Waals surface area contributed by atoms with Gasteiger partial charge in [-0.25, -0.2) is 0 Å². The molecule has 0 radical (unpaired) electrons. The number of carbonyl (C=O) groups is 2. The van der Waals surface area contributed by atoms with E-state index >= 15 is 0 Å². The Hall–Kier alpha value is -2.58. The van der Waals surface area contributed by atoms with E-state index < -0.39 is 5.41 Å². The average Bonchev–Trinajstić information content (AvgIpc) is 3.19. The highest BCUT2D eigenvalue weighted by Crippen LogP contribution is 2.37. The predicted molar refractivity (Wildman–Crippen MR) is 138 cm³/mol. The Kier molecular flexibility index (Phi) is 7.95. The number of hydrogen-bond donors (Lipinski definition) is 1. The molecule has 1 atom stereocenters. The monoisotopic (exact) mass is 516 g/mol. The maximum Gasteiger partial charge on any atom is 0.274 e. The van der Waals surface area contributed by atoms with Crippen molar-refractivity contribution in [3.05, 3.63) is 45.7 Å². The van der Waals surface area contributed by atoms with E-state index in [2.05, 4.69) is 5.10 Å². The molecule has 0 bridgehead atoms. The molecule has 9 heteroatoms. The van der Waals surface area contributed by atoms with E-state index in [4.69, 9.17) is 16.3 Å². The van der Waals surface area contributed by atoms with Crippen molar-refractivity contribution in [2.45, 2.75) is 59.0 Å². The highest BCUT2D eigenvalue weighted by molar-refractivity contribution is 6.32. The molecular formula is C27H37ClN4O4. The van der Waals surface area contributed by atoms with Crippen LogP contribution in [0.25, 0.3) is 0 Å². The topological polar surface area (TPSA) is 87.9 Å². The van der Waals surface area contributed by atoms with Crippen molar-refractivity contribution in [1.82, 2.24) is 19.6 Å². The molecule has 4 rings (SSSR count). The smallest absolute Gasteiger partial charge is 0.274 e. The second kappa shape index (κ2) is 10.8. The van der Waals surface area contributed by atoms with E-state index in [1.165, 1.54) is 0 Å². The number of amides is 2. The number of likely N-dealkylation sites (tertiary alicyclic amines) is 2. The molecule has 36 heavy (non-hydrogen) atoms. The van der Waals surface area contributed by atoms with Crippen LogP contribution in [0.5, 0.6) is 5.75 Å². The number of aliphatic hydroxyl groups excluding tert-OH is 1. The fraction of sp³-hybridized carbons (Fsp3) is 0.593. The van der Waals surface area contributed by atoms with Gasteiger partial charge in [-0.1, -0.05) is 11.6 Å². The van der Waals surface area contributed by atoms with Gasteiger partial charge in [0.15, 0.2) is 5.69 Å². The molecule has 2 aliphatic heterocycles. The van der Waals surface area contributed by atoms with Gasteiger partial charge in [0.05, 0.1) is 12.7 Å². The molecule has 0 spiro atoms. The second-order valence-electron chi connectivity index (χ2n) is 10.6. The zero-order valence-corrected chi connectivity index (χ0v) is 22.5. The SMILES string of the molecule is Cc1cc(OC[C@]2(CC(=O)N3CCC(O)CC3)CCCN(C(=O)c3cc(C)n(C)n3)C2)cc(C)c1Cl. The molecular weight excluding hydrogens is 480 g/mol. The first-order chi connectivity index (χ1) is 17.1. The Morgan fingerprint density at radius 3 is 2.39 bits per heavy atom. The van der Waals surface area contributed by atoms with Crippen molar-refractivity contribution in [3.63, 3.8) is 0 Å². The maximum absolute atomic E-state index is 13.4. The Morgan fingerprint density at radius 1 is 1.11 bits per heavy atom. The number of halogens is 1. The van der Waals surface area contributed by atoms with Gasteiger partial charge in [-0.2, -0.15) is 5.10 Å². The van der Waals surface area contributed by atoms with Gasteiger partial charge in [0.25, 0.3) is 5.91 Å². The van der Waals surface area contributed by atoms with Gasteiger partial charge in [-0.05, 0) is 75.8 Å². The summed E-state index contributed by atoms with van der Waals surface area (Å²) in [5.74, 6) is 0.651. The summed E-state index contributed by atoms with van der Waals surface area (Å²) in [4.78, 5) is 30.4. The van der Waals surface area contributed by atoms with Gasteiger partial charge in [0.1, 0.15) is 5.75 Å². The van der Waals surface area contributed by atoms with Crippen molar-refractivity contribution in [1.29, 1.82) is 0 Å². The Morgan fingerprint density at radius 2 is 1.78 bits per heavy atom. The lowest BCUT2D eigenvalue weighted by atomic mass is 9.77. The Balaban J connectivity index is 1.55. The van der Waals surface area contributed by atoms with Gasteiger partial charge in [0.2, 0.25) is 5.91 Å². The van der Waals surface area contributed by atoms with Crippen LogP contribution in [0.3, 0.4) is 0 Å². The van der Waals surface area contributed by atoms with Crippen LogP contribution in [-0.2, 0) is 11.8 Å². The number of rotatable bonds is 6. The van der Waals surface area contributed by atoms with Crippen LogP contribution in [-0.4, -0.2) is 75.4 Å². The van der Waals surface area contributed by atoms with E-state index in [1.807, 2.05) is 49.8 Å². The standard InChI is InChI=1S/C27H37ClN4O4/c1-18-12-22(13-19(2)25(18)28)36-17-27(15-24(34)31-10-6-21(33)7-11-31)8-5-9-32(16-27)26(35)23-14-20(3)30(4)29-23/h12-14,21,33H,5-11,15-17H2,1-4H3/t27-/m0/s1. The van der Waals surface area contributed by atoms with E-state index in [0.717, 1.165) is 34.7 Å². The van der Waals surface area contributed by atoms with Crippen molar-refractivity contribution >= 4 is 23.4 Å². The number of carbonyl (C=O) groups excluding carboxylic acids is 2. The summed E-state index contributed by atoms with van der Waals surface area (Å²) >= 11 is 6.34. The number of piperidine rings is 2. The minimum Gasteiger partial charge on any atom is -0.493 e. The Labute approximate surface area is 218 Å². The zero-order chi connectivity index (χ0) is 26.0. The molecule has 2 fully saturated rings. The number of aryl methyl sites for hydroxylation is 4. The van der Waals surface area contributed by atoms with Crippen molar-refractivity contribution in [3.8, 4) is 5.75 Å². The molecule has 1 N–H and O–H groups in total. The van der Waals surface area contributed by atoms with Gasteiger partial charge >= 0.3 is 0 Å². The number of nitrogens with zero attached hydrogens (tertiary/aromatic N) is 4. The summed E-state index contributed by atoms with van der Waals surface area (Å²) in [7, 11) is 1.82. The molecule has 196 valence electrons. The van der Waals surface area contributed by atoms with Crippen LogP contribution in [0.1, 0.15) is 59.4 Å². The second-order valence-corrected chi connectivity index (χ2v) is 11.0. The first-order valence-corrected chi connectivity index (χ1v) is 13.1. The molecule has 3 heterocycles. The minimum absolute atomic E-state index is 0.0527. The number of hydrogen-bond acceptors (Lipinski definition) is 5. The molecule has 2 aromatic rings. The third-order valence-electron chi connectivity index (χ3n) is 7.58. The van der Waals surface area contributed by atoms with Gasteiger partial charge in [-0.15, -0.1) is 0 Å². The summed E-state index contributed by atoms with van der Waals surface area (Å²) in [5.41, 5.74) is 2.70. The summed E-state index contributed by atoms with van der Waals surface area (Å²) in [6.45, 7) is 8.30. The lowest BCUT2D eigenvalue weighted by Gasteiger charge is -2.43. The van der Waals surface area contributed by atoms with Crippen LogP contribution in [0, 0.1) is 26.2 Å². The van der Waals surface area contributed by atoms with Crippen LogP contribution >= 0.6 is 11.6 Å². The fourth-order valence-electron chi connectivity index (χ4n) is 5.30. The molecule has 2 amide bonds. The lowest BCUT2D eigenvalue weighted by Crippen LogP contribution is -2.51. The largest absolute Gasteiger partial charge is 0.493 e. The van der Waals surface area contributed by atoms with Crippen molar-refractivity contribution < 1.29 is 19.4 Å². The van der Waals surface area contributed by atoms with Crippen molar-refractivity contribution in [2.75, 3.05) is 32.8 Å². The quantitative estimate of drug-likeness (QED) is 0.633. The van der Waals surface area contributed by atoms with Gasteiger partial charge < -0.3 is 19.6 Å². The fourth-order valence-corrected chi connectivity index (χ4v) is 5.40. The molecule has 2 aliphatic rings. The maximum atomic E-state index is 13.4. The minimum atomic E-state index is -0.522. The van der Waals surface area contributed by atoms with Gasteiger partial charge in [0, 0.05) is 55.8 Å². The first kappa shape index (κ1) is 26.5. The van der Waals surface area contributed by atoms with Crippen LogP contribution in [0.2, 0.25) is 5.02 Å². The molecule has 1 aromatic carbocycles. The van der Waals surface area contributed by atoms with E-state index in [9.17, 15) is 14.7 Å². The number of ether oxygens (including phenoxy) is 1. The average molecular weight is 517 g/mol. The lowest BCUT2D eigenvalue weighted by molar-refractivity contribution is -0.137. The Bertz CT molecular complexity index is 1080. The molecule has 8 nitrogen and oxygen atoms in total. The highest BCUT2D eigenvalue weighted by atomic mass is 35.5. The zero-order valence-electron chi connectivity index (χ0n) is 21.7. The molecule has 0 aliphatic carbocycles. The summed E-state index contributed by atoms with van der Waals surface area (Å²) < 4.78 is 8.00. The van der Waals surface area contributed by atoms with Crippen molar-refractivity contribution in [2.24, 2.45) is 12.5 Å². The molecule has 2 saturated heterocycles. The first-order valence-electron chi connectivity index (χ1n) is 12.7. The highest BCUT2D eigenvalue weighted by Gasteiger charge is 2.41. The summed E-state index contributed by atoms with van der Waals surface area (Å²) in [6, 6.07) is 5.64. The van der Waals surface area contributed by atoms with Gasteiger partial charge in [-0.3, -0.25) is 14.3 Å². The van der Waals surface area contributed by atoms with E-state index in [0.29, 0.717) is 63.5 Å². The van der Waals surface area contributed by atoms with Crippen LogP contribution in [0.4, 0.5) is 0 Å². The third kappa shape index (κ3) is 5.86. The summed E-state index contributed by atoms with van der Waals surface area (Å²) in [6.07, 6.45) is 2.72. The molecule has 0 unspecified atom stereocenters. The summed E-state index contributed by atoms with van der Waals surface area (Å²) in [5, 5.41) is 15.0. The van der Waals surface area contributed by atoms with E-state index in [-0.39, 0.29) is 17.9 Å². The van der Waals surface area contributed by atoms with Crippen LogP contribution < -0.4 is 4.74 Å². The predicted octanol–water partition coefficient (Wildman–Crippen LogP) is 3.67. The number of aromatic nitrogens is 2. The molecule has 0 saturated carbocycles. The third-order valence-corrected chi connectivity index (χ3v) is 8.18. The number of aliphatic hydroxyl groups is 1. The van der Waals surface area contributed by atoms with Crippen LogP contribution in [0.15, 0.2) is 18.2 Å².